The number of rotatable bonds is 11. The first-order valence-electron chi connectivity index (χ1n) is 11.7. The fourth-order valence-corrected chi connectivity index (χ4v) is 3.12. The highest BCUT2D eigenvalue weighted by atomic mass is 19.4. The molecule has 9 nitrogen and oxygen atoms in total. The minimum Gasteiger partial charge on any atom is -0.497 e. The largest absolute Gasteiger partial charge is 0.522 e. The summed E-state index contributed by atoms with van der Waals surface area (Å²) >= 11 is 0. The molecule has 0 saturated heterocycles. The molecule has 1 aromatic rings. The summed E-state index contributed by atoms with van der Waals surface area (Å²) in [6, 6.07) is 0.443. The molecular weight excluding hydrogens is 540 g/mol. The zero-order valence-corrected chi connectivity index (χ0v) is 22.3. The third kappa shape index (κ3) is 13.4. The number of hydrogen-bond acceptors (Lipinski definition) is 6. The van der Waals surface area contributed by atoms with E-state index in [4.69, 9.17) is 9.47 Å². The Bertz CT molecular complexity index is 961. The number of carbonyl (C=O) groups excluding carboxylic acids is 3. The van der Waals surface area contributed by atoms with Crippen LogP contribution in [0.4, 0.5) is 31.1 Å². The van der Waals surface area contributed by atoms with Crippen molar-refractivity contribution < 1.29 is 54.9 Å². The molecule has 0 spiro atoms. The predicted molar refractivity (Wildman–Crippen MR) is 126 cm³/mol. The summed E-state index contributed by atoms with van der Waals surface area (Å²) in [4.78, 5) is 38.3. The molecule has 0 aromatic heterocycles. The van der Waals surface area contributed by atoms with E-state index in [0.29, 0.717) is 5.75 Å². The van der Waals surface area contributed by atoms with Gasteiger partial charge in [-0.3, -0.25) is 14.3 Å². The molecule has 39 heavy (non-hydrogen) atoms. The van der Waals surface area contributed by atoms with Gasteiger partial charge in [0.15, 0.2) is 0 Å². The van der Waals surface area contributed by atoms with Crippen LogP contribution in [0.3, 0.4) is 0 Å². The fourth-order valence-electron chi connectivity index (χ4n) is 3.12. The number of ether oxygens (including phenoxy) is 3. The normalized spacial score (nSPS) is 14.7. The van der Waals surface area contributed by atoms with Crippen molar-refractivity contribution in [2.75, 3.05) is 13.7 Å². The Labute approximate surface area is 221 Å². The van der Waals surface area contributed by atoms with Crippen LogP contribution in [-0.4, -0.2) is 61.8 Å². The first-order valence-corrected chi connectivity index (χ1v) is 11.7. The van der Waals surface area contributed by atoms with Crippen molar-refractivity contribution in [1.82, 2.24) is 16.0 Å². The molecule has 3 N–H and O–H groups in total. The van der Waals surface area contributed by atoms with E-state index in [2.05, 4.69) is 15.4 Å². The van der Waals surface area contributed by atoms with Crippen molar-refractivity contribution >= 4 is 17.9 Å². The molecule has 1 unspecified atom stereocenters. The number of nitrogens with one attached hydrogen (secondary N) is 3. The van der Waals surface area contributed by atoms with E-state index in [9.17, 15) is 40.7 Å². The van der Waals surface area contributed by atoms with E-state index in [1.807, 2.05) is 5.32 Å². The zero-order valence-electron chi connectivity index (χ0n) is 22.3. The van der Waals surface area contributed by atoms with Crippen molar-refractivity contribution in [3.8, 4) is 5.75 Å². The van der Waals surface area contributed by atoms with E-state index in [1.54, 1.807) is 0 Å². The number of halogens is 6. The lowest BCUT2D eigenvalue weighted by atomic mass is 9.98. The van der Waals surface area contributed by atoms with E-state index >= 15 is 0 Å². The van der Waals surface area contributed by atoms with Gasteiger partial charge in [0, 0.05) is 6.04 Å². The first-order chi connectivity index (χ1) is 17.7. The van der Waals surface area contributed by atoms with E-state index in [-0.39, 0.29) is 5.56 Å². The maximum absolute atomic E-state index is 13.1. The van der Waals surface area contributed by atoms with Crippen LogP contribution in [0.1, 0.15) is 52.6 Å². The van der Waals surface area contributed by atoms with Crippen LogP contribution >= 0.6 is 0 Å². The molecule has 3 atom stereocenters. The van der Waals surface area contributed by atoms with Gasteiger partial charge in [-0.15, -0.1) is 13.2 Å². The number of alkyl halides is 6. The third-order valence-electron chi connectivity index (χ3n) is 5.00. The Kier molecular flexibility index (Phi) is 11.9. The van der Waals surface area contributed by atoms with Gasteiger partial charge < -0.3 is 25.4 Å². The molecule has 0 saturated carbocycles. The van der Waals surface area contributed by atoms with Crippen LogP contribution in [0.15, 0.2) is 24.3 Å². The van der Waals surface area contributed by atoms with Crippen molar-refractivity contribution in [1.29, 1.82) is 0 Å². The topological polar surface area (TPSA) is 115 Å². The summed E-state index contributed by atoms with van der Waals surface area (Å²) in [5, 5.41) is 6.39. The van der Waals surface area contributed by atoms with E-state index in [0.717, 1.165) is 0 Å². The van der Waals surface area contributed by atoms with Crippen LogP contribution in [0, 0.1) is 5.92 Å². The molecule has 222 valence electrons. The molecule has 0 aliphatic rings. The molecule has 0 fully saturated rings. The molecule has 0 radical (unpaired) electrons. The van der Waals surface area contributed by atoms with Crippen LogP contribution in [0.5, 0.6) is 5.75 Å². The minimum absolute atomic E-state index is 0.0731. The summed E-state index contributed by atoms with van der Waals surface area (Å²) in [5.41, 5.74) is -0.991. The van der Waals surface area contributed by atoms with Gasteiger partial charge in [-0.25, -0.2) is 4.79 Å². The molecule has 0 heterocycles. The highest BCUT2D eigenvalue weighted by Gasteiger charge is 2.37. The van der Waals surface area contributed by atoms with Crippen LogP contribution in [0.2, 0.25) is 0 Å². The number of hydrogen-bond donors (Lipinski definition) is 3. The number of benzene rings is 1. The highest BCUT2D eigenvalue weighted by Crippen LogP contribution is 2.26. The van der Waals surface area contributed by atoms with E-state index in [1.165, 1.54) is 66.0 Å². The Hall–Kier alpha value is -3.23. The lowest BCUT2D eigenvalue weighted by molar-refractivity contribution is -0.325. The molecular formula is C24H33F6N3O6. The fraction of sp³-hybridized carbons (Fsp3) is 0.625. The van der Waals surface area contributed by atoms with E-state index < -0.39 is 73.1 Å². The average Bonchev–Trinajstić information content (AvgIpc) is 2.76. The summed E-state index contributed by atoms with van der Waals surface area (Å²) in [6.07, 6.45) is -12.4. The lowest BCUT2D eigenvalue weighted by Gasteiger charge is -2.28. The summed E-state index contributed by atoms with van der Waals surface area (Å²) in [7, 11) is 1.36. The van der Waals surface area contributed by atoms with Crippen molar-refractivity contribution in [2.45, 2.75) is 77.3 Å². The van der Waals surface area contributed by atoms with Gasteiger partial charge in [0.1, 0.15) is 23.4 Å². The second-order valence-corrected chi connectivity index (χ2v) is 9.85. The van der Waals surface area contributed by atoms with Gasteiger partial charge in [-0.2, -0.15) is 13.2 Å². The molecule has 3 amide bonds. The number of amides is 3. The molecule has 1 aromatic carbocycles. The lowest BCUT2D eigenvalue weighted by Crippen LogP contribution is -2.54. The third-order valence-corrected chi connectivity index (χ3v) is 5.00. The number of methoxy groups -OCH3 is 1. The maximum Gasteiger partial charge on any atom is 0.522 e. The second-order valence-electron chi connectivity index (χ2n) is 9.85. The highest BCUT2D eigenvalue weighted by molar-refractivity contribution is 5.92. The molecule has 0 aliphatic heterocycles. The standard InChI is InChI=1S/C24H33F6N3O6/c1-13(2)16(11-23(25,26)27)31-20(35)18(14-7-9-15(37-6)10-8-14)33-19(34)17(12-38-24(28,29)30)32-21(36)39-22(3,4)5/h7-10,13,16-18H,11-12H2,1-6H3,(H,31,35)(H,32,36)(H,33,34)/t16-,17+,18?/m1/s1. The van der Waals surface area contributed by atoms with Gasteiger partial charge >= 0.3 is 18.6 Å². The minimum atomic E-state index is -5.16. The number of alkyl carbamates (subject to hydrolysis) is 1. The Balaban J connectivity index is 3.31. The van der Waals surface area contributed by atoms with Gasteiger partial charge in [0.05, 0.1) is 20.1 Å². The van der Waals surface area contributed by atoms with Crippen LogP contribution < -0.4 is 20.7 Å². The quantitative estimate of drug-likeness (QED) is 0.339. The van der Waals surface area contributed by atoms with Gasteiger partial charge in [-0.1, -0.05) is 26.0 Å². The SMILES string of the molecule is COc1ccc(C(NC(=O)[C@H](COC(F)(F)F)NC(=O)OC(C)(C)C)C(=O)N[C@H](CC(F)(F)F)C(C)C)cc1. The number of carbonyl (C=O) groups is 3. The summed E-state index contributed by atoms with van der Waals surface area (Å²) < 4.78 is 91.0. The first kappa shape index (κ1) is 33.8. The van der Waals surface area contributed by atoms with Gasteiger partial charge in [-0.05, 0) is 44.4 Å². The zero-order chi connectivity index (χ0) is 30.2. The van der Waals surface area contributed by atoms with Crippen molar-refractivity contribution in [3.05, 3.63) is 29.8 Å². The summed E-state index contributed by atoms with van der Waals surface area (Å²) in [5.74, 6) is -2.67. The van der Waals surface area contributed by atoms with Crippen molar-refractivity contribution in [3.63, 3.8) is 0 Å². The average molecular weight is 574 g/mol. The molecule has 1 rings (SSSR count). The molecule has 0 bridgehead atoms. The second kappa shape index (κ2) is 13.7. The summed E-state index contributed by atoms with van der Waals surface area (Å²) in [6.45, 7) is 5.95. The van der Waals surface area contributed by atoms with Crippen molar-refractivity contribution in [2.24, 2.45) is 5.92 Å². The molecule has 0 aliphatic carbocycles. The van der Waals surface area contributed by atoms with Gasteiger partial charge in [0.2, 0.25) is 11.8 Å². The van der Waals surface area contributed by atoms with Crippen LogP contribution in [0.25, 0.3) is 0 Å². The molecule has 15 heteroatoms. The Morgan fingerprint density at radius 2 is 1.44 bits per heavy atom. The monoisotopic (exact) mass is 573 g/mol. The smallest absolute Gasteiger partial charge is 0.497 e. The predicted octanol–water partition coefficient (Wildman–Crippen LogP) is 4.38. The maximum atomic E-state index is 13.1. The Morgan fingerprint density at radius 1 is 0.872 bits per heavy atom. The Morgan fingerprint density at radius 3 is 1.87 bits per heavy atom. The van der Waals surface area contributed by atoms with Gasteiger partial charge in [0.25, 0.3) is 0 Å². The van der Waals surface area contributed by atoms with Crippen LogP contribution in [-0.2, 0) is 19.1 Å².